The van der Waals surface area contributed by atoms with E-state index in [0.29, 0.717) is 5.76 Å². The standard InChI is InChI=1S/C17H14BrNO2/c1-2-15-7-8-16(21-15)17(20)19-14-6-4-11-9-13(18)5-3-12(11)10-14/h3-10H,2H2,1H3,(H,19,20). The first-order chi connectivity index (χ1) is 10.2. The summed E-state index contributed by atoms with van der Waals surface area (Å²) in [5, 5.41) is 5.05. The third-order valence-corrected chi connectivity index (χ3v) is 3.79. The van der Waals surface area contributed by atoms with Gasteiger partial charge in [0.25, 0.3) is 5.91 Å². The van der Waals surface area contributed by atoms with Gasteiger partial charge in [-0.05, 0) is 47.2 Å². The molecule has 0 saturated carbocycles. The van der Waals surface area contributed by atoms with Gasteiger partial charge in [-0.25, -0.2) is 0 Å². The number of rotatable bonds is 3. The Morgan fingerprint density at radius 1 is 1.10 bits per heavy atom. The van der Waals surface area contributed by atoms with Crippen LogP contribution in [0.2, 0.25) is 0 Å². The number of aryl methyl sites for hydroxylation is 1. The van der Waals surface area contributed by atoms with Crippen LogP contribution in [0, 0.1) is 0 Å². The van der Waals surface area contributed by atoms with Crippen LogP contribution >= 0.6 is 15.9 Å². The Bertz CT molecular complexity index is 807. The average molecular weight is 344 g/mol. The molecule has 106 valence electrons. The maximum atomic E-state index is 12.1. The molecule has 0 aliphatic carbocycles. The fraction of sp³-hybridized carbons (Fsp3) is 0.118. The molecule has 21 heavy (non-hydrogen) atoms. The molecule has 0 unspecified atom stereocenters. The van der Waals surface area contributed by atoms with Crippen LogP contribution in [0.3, 0.4) is 0 Å². The van der Waals surface area contributed by atoms with Gasteiger partial charge in [-0.2, -0.15) is 0 Å². The zero-order chi connectivity index (χ0) is 14.8. The lowest BCUT2D eigenvalue weighted by molar-refractivity contribution is 0.0995. The summed E-state index contributed by atoms with van der Waals surface area (Å²) in [6.45, 7) is 1.99. The minimum atomic E-state index is -0.230. The predicted molar refractivity (Wildman–Crippen MR) is 87.7 cm³/mol. The Morgan fingerprint density at radius 2 is 1.86 bits per heavy atom. The van der Waals surface area contributed by atoms with E-state index in [9.17, 15) is 4.79 Å². The average Bonchev–Trinajstić information content (AvgIpc) is 2.96. The van der Waals surface area contributed by atoms with Crippen LogP contribution in [0.4, 0.5) is 5.69 Å². The molecule has 0 fully saturated rings. The van der Waals surface area contributed by atoms with E-state index < -0.39 is 0 Å². The lowest BCUT2D eigenvalue weighted by atomic mass is 10.1. The van der Waals surface area contributed by atoms with Crippen molar-refractivity contribution < 1.29 is 9.21 Å². The van der Waals surface area contributed by atoms with E-state index in [0.717, 1.165) is 33.1 Å². The molecule has 1 aromatic heterocycles. The summed E-state index contributed by atoms with van der Waals surface area (Å²) in [4.78, 5) is 12.1. The highest BCUT2D eigenvalue weighted by Gasteiger charge is 2.11. The molecule has 1 N–H and O–H groups in total. The van der Waals surface area contributed by atoms with Gasteiger partial charge in [0.2, 0.25) is 0 Å². The highest BCUT2D eigenvalue weighted by Crippen LogP contribution is 2.23. The van der Waals surface area contributed by atoms with E-state index in [1.54, 1.807) is 6.07 Å². The van der Waals surface area contributed by atoms with Crippen molar-refractivity contribution in [2.24, 2.45) is 0 Å². The molecule has 0 saturated heterocycles. The summed E-state index contributed by atoms with van der Waals surface area (Å²) < 4.78 is 6.49. The van der Waals surface area contributed by atoms with Crippen LogP contribution in [0.15, 0.2) is 57.4 Å². The van der Waals surface area contributed by atoms with Crippen LogP contribution in [-0.4, -0.2) is 5.91 Å². The molecule has 0 atom stereocenters. The molecular formula is C17H14BrNO2. The molecule has 1 heterocycles. The van der Waals surface area contributed by atoms with Crippen LogP contribution < -0.4 is 5.32 Å². The maximum absolute atomic E-state index is 12.1. The molecule has 2 aromatic carbocycles. The highest BCUT2D eigenvalue weighted by atomic mass is 79.9. The van der Waals surface area contributed by atoms with Crippen LogP contribution in [0.5, 0.6) is 0 Å². The van der Waals surface area contributed by atoms with Gasteiger partial charge in [0.05, 0.1) is 0 Å². The molecule has 3 aromatic rings. The van der Waals surface area contributed by atoms with Crippen molar-refractivity contribution in [1.82, 2.24) is 0 Å². The predicted octanol–water partition coefficient (Wildman–Crippen LogP) is 5.01. The zero-order valence-electron chi connectivity index (χ0n) is 11.5. The number of benzene rings is 2. The quantitative estimate of drug-likeness (QED) is 0.726. The molecule has 0 aliphatic rings. The molecule has 0 aliphatic heterocycles. The minimum absolute atomic E-state index is 0.230. The minimum Gasteiger partial charge on any atom is -0.456 e. The van der Waals surface area contributed by atoms with Crippen molar-refractivity contribution in [3.63, 3.8) is 0 Å². The van der Waals surface area contributed by atoms with Gasteiger partial charge in [0.1, 0.15) is 5.76 Å². The monoisotopic (exact) mass is 343 g/mol. The second kappa shape index (κ2) is 5.74. The zero-order valence-corrected chi connectivity index (χ0v) is 13.1. The van der Waals surface area contributed by atoms with E-state index in [1.165, 1.54) is 0 Å². The molecule has 4 heteroatoms. The van der Waals surface area contributed by atoms with Gasteiger partial charge in [0, 0.05) is 16.6 Å². The van der Waals surface area contributed by atoms with Crippen LogP contribution in [0.25, 0.3) is 10.8 Å². The first-order valence-electron chi connectivity index (χ1n) is 6.75. The number of carbonyl (C=O) groups is 1. The van der Waals surface area contributed by atoms with Crippen molar-refractivity contribution >= 4 is 38.3 Å². The normalized spacial score (nSPS) is 10.8. The third-order valence-electron chi connectivity index (χ3n) is 3.29. The Balaban J connectivity index is 1.84. The number of hydrogen-bond donors (Lipinski definition) is 1. The topological polar surface area (TPSA) is 42.2 Å². The summed E-state index contributed by atoms with van der Waals surface area (Å²) in [6, 6.07) is 15.4. The molecule has 3 nitrogen and oxygen atoms in total. The van der Waals surface area contributed by atoms with Crippen molar-refractivity contribution in [2.75, 3.05) is 5.32 Å². The van der Waals surface area contributed by atoms with Crippen molar-refractivity contribution in [3.05, 3.63) is 64.5 Å². The number of fused-ring (bicyclic) bond motifs is 1. The van der Waals surface area contributed by atoms with Crippen molar-refractivity contribution in [1.29, 1.82) is 0 Å². The molecule has 3 rings (SSSR count). The maximum Gasteiger partial charge on any atom is 0.291 e. The van der Waals surface area contributed by atoms with Crippen molar-refractivity contribution in [2.45, 2.75) is 13.3 Å². The fourth-order valence-electron chi connectivity index (χ4n) is 2.18. The first-order valence-corrected chi connectivity index (χ1v) is 7.54. The largest absolute Gasteiger partial charge is 0.456 e. The Kier molecular flexibility index (Phi) is 3.80. The van der Waals surface area contributed by atoms with Gasteiger partial charge in [-0.3, -0.25) is 4.79 Å². The number of halogens is 1. The summed E-state index contributed by atoms with van der Waals surface area (Å²) in [5.74, 6) is 0.914. The summed E-state index contributed by atoms with van der Waals surface area (Å²) in [6.07, 6.45) is 0.776. The number of anilines is 1. The molecular weight excluding hydrogens is 330 g/mol. The number of carbonyl (C=O) groups excluding carboxylic acids is 1. The second-order valence-electron chi connectivity index (χ2n) is 4.78. The Hall–Kier alpha value is -2.07. The van der Waals surface area contributed by atoms with Crippen LogP contribution in [0.1, 0.15) is 23.2 Å². The summed E-state index contributed by atoms with van der Waals surface area (Å²) >= 11 is 3.45. The van der Waals surface area contributed by atoms with Gasteiger partial charge in [-0.1, -0.05) is 35.0 Å². The number of amides is 1. The second-order valence-corrected chi connectivity index (χ2v) is 5.70. The SMILES string of the molecule is CCc1ccc(C(=O)Nc2ccc3cc(Br)ccc3c2)o1. The Labute approximate surface area is 131 Å². The number of nitrogens with one attached hydrogen (secondary N) is 1. The van der Waals surface area contributed by atoms with Gasteiger partial charge in [-0.15, -0.1) is 0 Å². The fourth-order valence-corrected chi connectivity index (χ4v) is 2.56. The van der Waals surface area contributed by atoms with Crippen molar-refractivity contribution in [3.8, 4) is 0 Å². The third kappa shape index (κ3) is 3.00. The molecule has 0 bridgehead atoms. The van der Waals surface area contributed by atoms with E-state index in [4.69, 9.17) is 4.42 Å². The van der Waals surface area contributed by atoms with E-state index in [2.05, 4.69) is 21.2 Å². The number of furan rings is 1. The molecule has 0 spiro atoms. The van der Waals surface area contributed by atoms with E-state index in [-0.39, 0.29) is 5.91 Å². The van der Waals surface area contributed by atoms with Crippen LogP contribution in [-0.2, 0) is 6.42 Å². The van der Waals surface area contributed by atoms with Gasteiger partial charge < -0.3 is 9.73 Å². The Morgan fingerprint density at radius 3 is 2.62 bits per heavy atom. The summed E-state index contributed by atoms with van der Waals surface area (Å²) in [5.41, 5.74) is 0.754. The molecule has 1 amide bonds. The lowest BCUT2D eigenvalue weighted by Gasteiger charge is -2.05. The van der Waals surface area contributed by atoms with E-state index >= 15 is 0 Å². The smallest absolute Gasteiger partial charge is 0.291 e. The lowest BCUT2D eigenvalue weighted by Crippen LogP contribution is -2.10. The highest BCUT2D eigenvalue weighted by molar-refractivity contribution is 9.10. The van der Waals surface area contributed by atoms with Gasteiger partial charge in [0.15, 0.2) is 5.76 Å². The van der Waals surface area contributed by atoms with Gasteiger partial charge >= 0.3 is 0 Å². The van der Waals surface area contributed by atoms with E-state index in [1.807, 2.05) is 49.4 Å². The first kappa shape index (κ1) is 13.9. The molecule has 0 radical (unpaired) electrons. The number of hydrogen-bond acceptors (Lipinski definition) is 2. The summed E-state index contributed by atoms with van der Waals surface area (Å²) in [7, 11) is 0.